The van der Waals surface area contributed by atoms with Crippen LogP contribution in [0.2, 0.25) is 0 Å². The van der Waals surface area contributed by atoms with Gasteiger partial charge in [-0.25, -0.2) is 0 Å². The van der Waals surface area contributed by atoms with E-state index in [-0.39, 0.29) is 17.7 Å². The number of ketones is 1. The summed E-state index contributed by atoms with van der Waals surface area (Å²) in [5.41, 5.74) is 5.10. The Kier molecular flexibility index (Phi) is 3.61. The van der Waals surface area contributed by atoms with Gasteiger partial charge >= 0.3 is 0 Å². The first-order chi connectivity index (χ1) is 10.5. The number of hydrogen-bond donors (Lipinski definition) is 2. The molecule has 0 saturated carbocycles. The number of hydrogen-bond acceptors (Lipinski definition) is 2. The molecule has 1 aliphatic carbocycles. The fourth-order valence-electron chi connectivity index (χ4n) is 3.44. The molecule has 0 spiro atoms. The van der Waals surface area contributed by atoms with Gasteiger partial charge in [0.1, 0.15) is 5.69 Å². The van der Waals surface area contributed by atoms with Crippen molar-refractivity contribution in [3.8, 4) is 0 Å². The minimum Gasteiger partial charge on any atom is -0.354 e. The molecule has 1 aromatic heterocycles. The second kappa shape index (κ2) is 5.44. The van der Waals surface area contributed by atoms with Crippen LogP contribution in [0.1, 0.15) is 62.6 Å². The first-order valence-corrected chi connectivity index (χ1v) is 7.57. The molecule has 0 bridgehead atoms. The average molecular weight is 296 g/mol. The summed E-state index contributed by atoms with van der Waals surface area (Å²) in [6, 6.07) is 8.26. The van der Waals surface area contributed by atoms with Crippen LogP contribution in [-0.4, -0.2) is 16.7 Å². The summed E-state index contributed by atoms with van der Waals surface area (Å²) in [6.45, 7) is 5.17. The third kappa shape index (κ3) is 2.34. The molecule has 0 aliphatic heterocycles. The number of aromatic amines is 1. The lowest BCUT2D eigenvalue weighted by Crippen LogP contribution is -2.28. The van der Waals surface area contributed by atoms with E-state index < -0.39 is 0 Å². The van der Waals surface area contributed by atoms with Gasteiger partial charge in [0.25, 0.3) is 5.91 Å². The van der Waals surface area contributed by atoms with Crippen molar-refractivity contribution in [3.05, 3.63) is 57.9 Å². The average Bonchev–Trinajstić information content (AvgIpc) is 3.00. The van der Waals surface area contributed by atoms with Crippen LogP contribution in [0.25, 0.3) is 0 Å². The van der Waals surface area contributed by atoms with E-state index >= 15 is 0 Å². The summed E-state index contributed by atoms with van der Waals surface area (Å²) < 4.78 is 0. The van der Waals surface area contributed by atoms with Gasteiger partial charge in [-0.1, -0.05) is 24.3 Å². The zero-order valence-corrected chi connectivity index (χ0v) is 13.1. The van der Waals surface area contributed by atoms with Crippen molar-refractivity contribution in [1.82, 2.24) is 10.3 Å². The summed E-state index contributed by atoms with van der Waals surface area (Å²) in [4.78, 5) is 27.3. The van der Waals surface area contributed by atoms with Crippen LogP contribution in [0.3, 0.4) is 0 Å². The van der Waals surface area contributed by atoms with Crippen LogP contribution in [0.5, 0.6) is 0 Å². The van der Waals surface area contributed by atoms with E-state index in [1.165, 1.54) is 18.1 Å². The van der Waals surface area contributed by atoms with Crippen molar-refractivity contribution in [2.24, 2.45) is 0 Å². The van der Waals surface area contributed by atoms with Crippen molar-refractivity contribution >= 4 is 11.7 Å². The standard InChI is InChI=1S/C18H20N2O2/c1-10-16(12(3)21)11(2)19-17(10)18(22)20-15-9-8-13-6-4-5-7-14(13)15/h4-7,15,19H,8-9H2,1-3H3,(H,20,22)/t15-/m1/s1. The van der Waals surface area contributed by atoms with Gasteiger partial charge in [-0.05, 0) is 50.3 Å². The molecule has 1 heterocycles. The molecule has 0 unspecified atom stereocenters. The molecule has 2 aromatic rings. The highest BCUT2D eigenvalue weighted by atomic mass is 16.2. The Labute approximate surface area is 129 Å². The quantitative estimate of drug-likeness (QED) is 0.854. The van der Waals surface area contributed by atoms with Crippen LogP contribution >= 0.6 is 0 Å². The maximum absolute atomic E-state index is 12.6. The van der Waals surface area contributed by atoms with Crippen LogP contribution < -0.4 is 5.32 Å². The Balaban J connectivity index is 1.85. The molecular weight excluding hydrogens is 276 g/mol. The molecule has 0 fully saturated rings. The zero-order chi connectivity index (χ0) is 15.9. The predicted octanol–water partition coefficient (Wildman–Crippen LogP) is 3.25. The van der Waals surface area contributed by atoms with Gasteiger partial charge in [0.2, 0.25) is 0 Å². The molecule has 1 aliphatic rings. The van der Waals surface area contributed by atoms with Gasteiger partial charge in [-0.15, -0.1) is 0 Å². The molecule has 114 valence electrons. The summed E-state index contributed by atoms with van der Waals surface area (Å²) in [7, 11) is 0. The first-order valence-electron chi connectivity index (χ1n) is 7.57. The minimum atomic E-state index is -0.144. The lowest BCUT2D eigenvalue weighted by atomic mass is 10.1. The molecule has 0 radical (unpaired) electrons. The van der Waals surface area contributed by atoms with Crippen molar-refractivity contribution in [2.75, 3.05) is 0 Å². The normalized spacial score (nSPS) is 16.4. The van der Waals surface area contributed by atoms with Gasteiger partial charge < -0.3 is 10.3 Å². The minimum absolute atomic E-state index is 0.0171. The highest BCUT2D eigenvalue weighted by molar-refractivity contribution is 6.02. The fraction of sp³-hybridized carbons (Fsp3) is 0.333. The third-order valence-corrected chi connectivity index (χ3v) is 4.45. The summed E-state index contributed by atoms with van der Waals surface area (Å²) >= 11 is 0. The number of benzene rings is 1. The largest absolute Gasteiger partial charge is 0.354 e. The smallest absolute Gasteiger partial charge is 0.268 e. The number of fused-ring (bicyclic) bond motifs is 1. The molecule has 22 heavy (non-hydrogen) atoms. The van der Waals surface area contributed by atoms with E-state index in [0.29, 0.717) is 11.3 Å². The summed E-state index contributed by atoms with van der Waals surface area (Å²) in [6.07, 6.45) is 1.91. The molecular formula is C18H20N2O2. The number of carbonyl (C=O) groups excluding carboxylic acids is 2. The second-order valence-corrected chi connectivity index (χ2v) is 5.94. The molecule has 1 atom stereocenters. The van der Waals surface area contributed by atoms with Crippen LogP contribution in [0, 0.1) is 13.8 Å². The molecule has 4 heteroatoms. The monoisotopic (exact) mass is 296 g/mol. The van der Waals surface area contributed by atoms with E-state index in [1.807, 2.05) is 26.0 Å². The van der Waals surface area contributed by atoms with Crippen molar-refractivity contribution in [1.29, 1.82) is 0 Å². The van der Waals surface area contributed by atoms with Crippen LogP contribution in [0.15, 0.2) is 24.3 Å². The van der Waals surface area contributed by atoms with E-state index in [4.69, 9.17) is 0 Å². The van der Waals surface area contributed by atoms with Crippen molar-refractivity contribution in [3.63, 3.8) is 0 Å². The number of rotatable bonds is 3. The first kappa shape index (κ1) is 14.6. The Bertz CT molecular complexity index is 758. The number of H-pyrrole nitrogens is 1. The molecule has 1 aromatic carbocycles. The Morgan fingerprint density at radius 1 is 1.23 bits per heavy atom. The van der Waals surface area contributed by atoms with Crippen molar-refractivity contribution in [2.45, 2.75) is 39.7 Å². The topological polar surface area (TPSA) is 62.0 Å². The van der Waals surface area contributed by atoms with E-state index in [9.17, 15) is 9.59 Å². The Hall–Kier alpha value is -2.36. The van der Waals surface area contributed by atoms with E-state index in [2.05, 4.69) is 22.4 Å². The number of aryl methyl sites for hydroxylation is 2. The third-order valence-electron chi connectivity index (χ3n) is 4.45. The number of aromatic nitrogens is 1. The second-order valence-electron chi connectivity index (χ2n) is 5.94. The summed E-state index contributed by atoms with van der Waals surface area (Å²) in [5.74, 6) is -0.161. The zero-order valence-electron chi connectivity index (χ0n) is 13.1. The number of Topliss-reactive ketones (excluding diaryl/α,β-unsaturated/α-hetero) is 1. The van der Waals surface area contributed by atoms with Gasteiger partial charge in [0, 0.05) is 11.3 Å². The maximum atomic E-state index is 12.6. The number of nitrogens with one attached hydrogen (secondary N) is 2. The molecule has 0 saturated heterocycles. The fourth-order valence-corrected chi connectivity index (χ4v) is 3.44. The lowest BCUT2D eigenvalue weighted by molar-refractivity contribution is 0.0931. The van der Waals surface area contributed by atoms with Crippen LogP contribution in [0.4, 0.5) is 0 Å². The summed E-state index contributed by atoms with van der Waals surface area (Å²) in [5, 5.41) is 3.09. The molecule has 2 N–H and O–H groups in total. The van der Waals surface area contributed by atoms with Gasteiger partial charge in [0.05, 0.1) is 6.04 Å². The molecule has 1 amide bonds. The Morgan fingerprint density at radius 2 is 1.95 bits per heavy atom. The highest BCUT2D eigenvalue weighted by Gasteiger charge is 2.26. The Morgan fingerprint density at radius 3 is 2.64 bits per heavy atom. The lowest BCUT2D eigenvalue weighted by Gasteiger charge is -2.14. The molecule has 3 rings (SSSR count). The van der Waals surface area contributed by atoms with E-state index in [0.717, 1.165) is 24.1 Å². The van der Waals surface area contributed by atoms with Crippen molar-refractivity contribution < 1.29 is 9.59 Å². The SMILES string of the molecule is CC(=O)c1c(C)[nH]c(C(=O)N[C@@H]2CCc3ccccc32)c1C. The van der Waals surface area contributed by atoms with Gasteiger partial charge in [-0.3, -0.25) is 9.59 Å². The van der Waals surface area contributed by atoms with E-state index in [1.54, 1.807) is 0 Å². The van der Waals surface area contributed by atoms with Gasteiger partial charge in [-0.2, -0.15) is 0 Å². The van der Waals surface area contributed by atoms with Gasteiger partial charge in [0.15, 0.2) is 5.78 Å². The highest BCUT2D eigenvalue weighted by Crippen LogP contribution is 2.31. The number of carbonyl (C=O) groups is 2. The molecule has 4 nitrogen and oxygen atoms in total. The van der Waals surface area contributed by atoms with Crippen LogP contribution in [-0.2, 0) is 6.42 Å². The predicted molar refractivity (Wildman–Crippen MR) is 85.2 cm³/mol. The number of amides is 1. The maximum Gasteiger partial charge on any atom is 0.268 e.